The summed E-state index contributed by atoms with van der Waals surface area (Å²) < 4.78 is 33.7. The third kappa shape index (κ3) is 2.81. The first-order chi connectivity index (χ1) is 11.5. The average Bonchev–Trinajstić information content (AvgIpc) is 3.00. The van der Waals surface area contributed by atoms with Crippen molar-refractivity contribution in [2.75, 3.05) is 6.61 Å². The molecule has 124 valence electrons. The molecule has 2 aromatic carbocycles. The minimum absolute atomic E-state index is 0.0442. The predicted octanol–water partition coefficient (Wildman–Crippen LogP) is 3.06. The summed E-state index contributed by atoms with van der Waals surface area (Å²) in [7, 11) is 0. The molecule has 3 rings (SSSR count). The zero-order valence-corrected chi connectivity index (χ0v) is 12.6. The number of hydrogen-bond donors (Lipinski definition) is 4. The molecule has 0 fully saturated rings. The van der Waals surface area contributed by atoms with Crippen molar-refractivity contribution in [3.05, 3.63) is 59.3 Å². The van der Waals surface area contributed by atoms with Crippen LogP contribution in [0.3, 0.4) is 0 Å². The maximum absolute atomic E-state index is 14.4. The molecule has 1 aromatic heterocycles. The molecule has 5 N–H and O–H groups in total. The SMILES string of the molecule is N=C(N)c1cc(Oc2c(F)cc3[nH]ccc3c2CCO)ccc1F. The van der Waals surface area contributed by atoms with Gasteiger partial charge >= 0.3 is 0 Å². The van der Waals surface area contributed by atoms with E-state index < -0.39 is 17.5 Å². The van der Waals surface area contributed by atoms with E-state index >= 15 is 0 Å². The number of fused-ring (bicyclic) bond motifs is 1. The van der Waals surface area contributed by atoms with Crippen LogP contribution < -0.4 is 10.5 Å². The lowest BCUT2D eigenvalue weighted by molar-refractivity contribution is 0.297. The fourth-order valence-corrected chi connectivity index (χ4v) is 2.59. The van der Waals surface area contributed by atoms with Crippen molar-refractivity contribution in [2.24, 2.45) is 5.73 Å². The van der Waals surface area contributed by atoms with Gasteiger partial charge in [0.1, 0.15) is 17.4 Å². The summed E-state index contributed by atoms with van der Waals surface area (Å²) in [4.78, 5) is 2.91. The average molecular weight is 331 g/mol. The maximum atomic E-state index is 14.4. The van der Waals surface area contributed by atoms with Crippen LogP contribution in [0.25, 0.3) is 10.9 Å². The number of amidine groups is 1. The van der Waals surface area contributed by atoms with Crippen molar-refractivity contribution in [3.63, 3.8) is 0 Å². The number of nitrogen functional groups attached to an aromatic ring is 1. The number of nitrogens with two attached hydrogens (primary N) is 1. The summed E-state index contributed by atoms with van der Waals surface area (Å²) >= 11 is 0. The van der Waals surface area contributed by atoms with Gasteiger partial charge in [0, 0.05) is 35.3 Å². The summed E-state index contributed by atoms with van der Waals surface area (Å²) in [6.07, 6.45) is 1.86. The van der Waals surface area contributed by atoms with Gasteiger partial charge in [0.05, 0.1) is 5.56 Å². The summed E-state index contributed by atoms with van der Waals surface area (Å²) in [5.74, 6) is -1.61. The number of hydrogen-bond acceptors (Lipinski definition) is 3. The second kappa shape index (κ2) is 6.29. The molecule has 3 aromatic rings. The third-order valence-corrected chi connectivity index (χ3v) is 3.68. The maximum Gasteiger partial charge on any atom is 0.168 e. The molecule has 0 spiro atoms. The van der Waals surface area contributed by atoms with E-state index in [4.69, 9.17) is 15.9 Å². The Morgan fingerprint density at radius 3 is 2.71 bits per heavy atom. The van der Waals surface area contributed by atoms with Gasteiger partial charge in [-0.15, -0.1) is 0 Å². The van der Waals surface area contributed by atoms with Crippen LogP contribution in [0.1, 0.15) is 11.1 Å². The monoisotopic (exact) mass is 331 g/mol. The second-order valence-electron chi connectivity index (χ2n) is 5.24. The first kappa shape index (κ1) is 15.9. The van der Waals surface area contributed by atoms with Gasteiger partial charge in [-0.3, -0.25) is 5.41 Å². The van der Waals surface area contributed by atoms with E-state index in [1.807, 2.05) is 0 Å². The van der Waals surface area contributed by atoms with Crippen molar-refractivity contribution in [3.8, 4) is 11.5 Å². The van der Waals surface area contributed by atoms with E-state index in [0.717, 1.165) is 11.5 Å². The fraction of sp³-hybridized carbons (Fsp3) is 0.118. The van der Waals surface area contributed by atoms with Crippen molar-refractivity contribution in [1.82, 2.24) is 4.98 Å². The molecule has 5 nitrogen and oxygen atoms in total. The van der Waals surface area contributed by atoms with Crippen molar-refractivity contribution in [2.45, 2.75) is 6.42 Å². The molecular formula is C17H15F2N3O2. The van der Waals surface area contributed by atoms with Crippen LogP contribution in [0.5, 0.6) is 11.5 Å². The van der Waals surface area contributed by atoms with Crippen LogP contribution >= 0.6 is 0 Å². The molecule has 7 heteroatoms. The largest absolute Gasteiger partial charge is 0.454 e. The number of aromatic nitrogens is 1. The second-order valence-corrected chi connectivity index (χ2v) is 5.24. The molecule has 24 heavy (non-hydrogen) atoms. The van der Waals surface area contributed by atoms with Gasteiger partial charge in [-0.2, -0.15) is 0 Å². The number of ether oxygens (including phenoxy) is 1. The van der Waals surface area contributed by atoms with Gasteiger partial charge in [-0.25, -0.2) is 8.78 Å². The number of aliphatic hydroxyl groups is 1. The number of aliphatic hydroxyl groups excluding tert-OH is 1. The Bertz CT molecular complexity index is 922. The fourth-order valence-electron chi connectivity index (χ4n) is 2.59. The van der Waals surface area contributed by atoms with Crippen molar-refractivity contribution < 1.29 is 18.6 Å². The standard InChI is InChI=1S/C17H15F2N3O2/c18-13-2-1-9(7-12(13)17(20)21)24-16-11(4-6-23)10-3-5-22-15(10)8-14(16)19/h1-3,5,7-8,22-23H,4,6H2,(H3,20,21). The van der Waals surface area contributed by atoms with Crippen LogP contribution in [0.2, 0.25) is 0 Å². The Labute approximate surface area is 136 Å². The predicted molar refractivity (Wildman–Crippen MR) is 86.5 cm³/mol. The van der Waals surface area contributed by atoms with Crippen LogP contribution in [0.15, 0.2) is 36.5 Å². The Kier molecular flexibility index (Phi) is 4.18. The molecule has 0 atom stereocenters. The lowest BCUT2D eigenvalue weighted by atomic mass is 10.1. The van der Waals surface area contributed by atoms with E-state index in [1.54, 1.807) is 12.3 Å². The first-order valence-electron chi connectivity index (χ1n) is 7.22. The number of rotatable bonds is 5. The summed E-state index contributed by atoms with van der Waals surface area (Å²) in [5, 5.41) is 17.4. The molecule has 0 aliphatic carbocycles. The van der Waals surface area contributed by atoms with E-state index in [1.165, 1.54) is 18.2 Å². The molecule has 1 heterocycles. The third-order valence-electron chi connectivity index (χ3n) is 3.68. The number of aromatic amines is 1. The number of nitrogens with one attached hydrogen (secondary N) is 2. The van der Waals surface area contributed by atoms with Gasteiger partial charge in [-0.1, -0.05) is 0 Å². The quantitative estimate of drug-likeness (QED) is 0.427. The van der Waals surface area contributed by atoms with Crippen LogP contribution in [0, 0.1) is 17.0 Å². The van der Waals surface area contributed by atoms with Gasteiger partial charge in [-0.05, 0) is 30.7 Å². The first-order valence-corrected chi connectivity index (χ1v) is 7.22. The highest BCUT2D eigenvalue weighted by Gasteiger charge is 2.17. The number of H-pyrrole nitrogens is 1. The van der Waals surface area contributed by atoms with Crippen LogP contribution in [-0.4, -0.2) is 22.5 Å². The van der Waals surface area contributed by atoms with Crippen molar-refractivity contribution in [1.29, 1.82) is 5.41 Å². The highest BCUT2D eigenvalue weighted by molar-refractivity contribution is 5.95. The lowest BCUT2D eigenvalue weighted by Gasteiger charge is -2.14. The molecule has 0 bridgehead atoms. The molecule has 0 amide bonds. The zero-order chi connectivity index (χ0) is 17.3. The smallest absolute Gasteiger partial charge is 0.168 e. The molecule has 0 unspecified atom stereocenters. The molecule has 0 aliphatic rings. The van der Waals surface area contributed by atoms with E-state index in [9.17, 15) is 13.9 Å². The summed E-state index contributed by atoms with van der Waals surface area (Å²) in [6.45, 7) is -0.178. The van der Waals surface area contributed by atoms with E-state index in [0.29, 0.717) is 11.1 Å². The molecule has 0 saturated heterocycles. The minimum Gasteiger partial charge on any atom is -0.454 e. The summed E-state index contributed by atoms with van der Waals surface area (Å²) in [5.41, 5.74) is 6.29. The normalized spacial score (nSPS) is 11.0. The number of benzene rings is 2. The highest BCUT2D eigenvalue weighted by atomic mass is 19.1. The van der Waals surface area contributed by atoms with Gasteiger partial charge in [0.25, 0.3) is 0 Å². The van der Waals surface area contributed by atoms with Gasteiger partial charge in [0.15, 0.2) is 11.6 Å². The van der Waals surface area contributed by atoms with E-state index in [-0.39, 0.29) is 30.1 Å². The Balaban J connectivity index is 2.09. The Morgan fingerprint density at radius 2 is 2.00 bits per heavy atom. The lowest BCUT2D eigenvalue weighted by Crippen LogP contribution is -2.13. The Hall–Kier alpha value is -2.93. The minimum atomic E-state index is -0.660. The topological polar surface area (TPSA) is 95.1 Å². The summed E-state index contributed by atoms with van der Waals surface area (Å²) in [6, 6.07) is 6.72. The van der Waals surface area contributed by atoms with Gasteiger partial charge < -0.3 is 20.6 Å². The molecule has 0 aliphatic heterocycles. The Morgan fingerprint density at radius 1 is 1.21 bits per heavy atom. The zero-order valence-electron chi connectivity index (χ0n) is 12.6. The van der Waals surface area contributed by atoms with Crippen LogP contribution in [0.4, 0.5) is 8.78 Å². The molecule has 0 radical (unpaired) electrons. The molecular weight excluding hydrogens is 316 g/mol. The highest BCUT2D eigenvalue weighted by Crippen LogP contribution is 2.35. The van der Waals surface area contributed by atoms with Crippen molar-refractivity contribution >= 4 is 16.7 Å². The van der Waals surface area contributed by atoms with Gasteiger partial charge in [0.2, 0.25) is 0 Å². The van der Waals surface area contributed by atoms with E-state index in [2.05, 4.69) is 4.98 Å². The number of halogens is 2. The van der Waals surface area contributed by atoms with Crippen LogP contribution in [-0.2, 0) is 6.42 Å². The molecule has 0 saturated carbocycles.